The molecule has 3 unspecified atom stereocenters. The quantitative estimate of drug-likeness (QED) is 0.869. The van der Waals surface area contributed by atoms with Gasteiger partial charge < -0.3 is 10.4 Å². The third kappa shape index (κ3) is 4.05. The van der Waals surface area contributed by atoms with E-state index in [-0.39, 0.29) is 6.10 Å². The molecule has 1 aromatic rings. The van der Waals surface area contributed by atoms with E-state index in [0.29, 0.717) is 12.0 Å². The summed E-state index contributed by atoms with van der Waals surface area (Å²) in [5, 5.41) is 13.3. The van der Waals surface area contributed by atoms with Crippen LogP contribution in [-0.4, -0.2) is 17.8 Å². The summed E-state index contributed by atoms with van der Waals surface area (Å²) in [5.41, 5.74) is 4.08. The molecule has 19 heavy (non-hydrogen) atoms. The van der Waals surface area contributed by atoms with E-state index < -0.39 is 0 Å². The Balaban J connectivity index is 1.88. The van der Waals surface area contributed by atoms with Gasteiger partial charge in [-0.2, -0.15) is 0 Å². The number of aryl methyl sites for hydroxylation is 2. The van der Waals surface area contributed by atoms with Crippen LogP contribution in [0.3, 0.4) is 0 Å². The maximum absolute atomic E-state index is 9.71. The summed E-state index contributed by atoms with van der Waals surface area (Å²) in [6.45, 7) is 7.58. The van der Waals surface area contributed by atoms with Crippen molar-refractivity contribution in [3.05, 3.63) is 34.9 Å². The molecule has 1 aliphatic rings. The number of hydrogen-bond donors (Lipinski definition) is 2. The summed E-state index contributed by atoms with van der Waals surface area (Å²) >= 11 is 0. The highest BCUT2D eigenvalue weighted by Crippen LogP contribution is 2.25. The third-order valence-corrected chi connectivity index (χ3v) is 4.36. The molecular weight excluding hydrogens is 234 g/mol. The smallest absolute Gasteiger partial charge is 0.0543 e. The van der Waals surface area contributed by atoms with E-state index in [1.54, 1.807) is 0 Å². The number of aliphatic hydroxyl groups is 1. The van der Waals surface area contributed by atoms with Gasteiger partial charge in [-0.25, -0.2) is 0 Å². The van der Waals surface area contributed by atoms with Crippen molar-refractivity contribution in [3.63, 3.8) is 0 Å². The highest BCUT2D eigenvalue weighted by molar-refractivity contribution is 5.32. The SMILES string of the molecule is Cc1ccc(C(C)NCC2CCCC(O)C2)c(C)c1. The van der Waals surface area contributed by atoms with Crippen molar-refractivity contribution in [1.29, 1.82) is 0 Å². The second-order valence-corrected chi connectivity index (χ2v) is 6.18. The first kappa shape index (κ1) is 14.5. The minimum atomic E-state index is -0.0723. The normalized spacial score (nSPS) is 25.3. The van der Waals surface area contributed by atoms with Crippen LogP contribution in [0.1, 0.15) is 55.3 Å². The number of hydrogen-bond acceptors (Lipinski definition) is 2. The maximum Gasteiger partial charge on any atom is 0.0543 e. The van der Waals surface area contributed by atoms with Crippen LogP contribution in [0.2, 0.25) is 0 Å². The van der Waals surface area contributed by atoms with Gasteiger partial charge in [0.15, 0.2) is 0 Å². The minimum absolute atomic E-state index is 0.0723. The van der Waals surface area contributed by atoms with Gasteiger partial charge in [0, 0.05) is 6.04 Å². The summed E-state index contributed by atoms with van der Waals surface area (Å²) in [6.07, 6.45) is 4.31. The number of benzene rings is 1. The van der Waals surface area contributed by atoms with Crippen LogP contribution in [0.15, 0.2) is 18.2 Å². The average molecular weight is 261 g/mol. The molecule has 2 heteroatoms. The molecule has 106 valence electrons. The molecule has 1 aromatic carbocycles. The number of nitrogens with one attached hydrogen (secondary N) is 1. The molecule has 0 aromatic heterocycles. The van der Waals surface area contributed by atoms with Crippen molar-refractivity contribution < 1.29 is 5.11 Å². The van der Waals surface area contributed by atoms with Gasteiger partial charge in [0.05, 0.1) is 6.10 Å². The van der Waals surface area contributed by atoms with Crippen molar-refractivity contribution in [2.24, 2.45) is 5.92 Å². The van der Waals surface area contributed by atoms with Crippen molar-refractivity contribution in [2.45, 2.75) is 58.6 Å². The Bertz CT molecular complexity index is 416. The van der Waals surface area contributed by atoms with E-state index in [0.717, 1.165) is 19.4 Å². The molecule has 0 bridgehead atoms. The summed E-state index contributed by atoms with van der Waals surface area (Å²) < 4.78 is 0. The van der Waals surface area contributed by atoms with Crippen molar-refractivity contribution in [2.75, 3.05) is 6.54 Å². The van der Waals surface area contributed by atoms with Crippen molar-refractivity contribution >= 4 is 0 Å². The third-order valence-electron chi connectivity index (χ3n) is 4.36. The van der Waals surface area contributed by atoms with Gasteiger partial charge in [0.1, 0.15) is 0 Å². The molecule has 3 atom stereocenters. The predicted molar refractivity (Wildman–Crippen MR) is 80.3 cm³/mol. The van der Waals surface area contributed by atoms with Gasteiger partial charge in [-0.1, -0.05) is 30.2 Å². The number of rotatable bonds is 4. The van der Waals surface area contributed by atoms with Crippen LogP contribution >= 0.6 is 0 Å². The lowest BCUT2D eigenvalue weighted by Crippen LogP contribution is -2.30. The first-order valence-corrected chi connectivity index (χ1v) is 7.55. The van der Waals surface area contributed by atoms with Crippen molar-refractivity contribution in [3.8, 4) is 0 Å². The molecule has 0 aliphatic heterocycles. The van der Waals surface area contributed by atoms with Crippen LogP contribution in [0, 0.1) is 19.8 Å². The minimum Gasteiger partial charge on any atom is -0.393 e. The zero-order valence-corrected chi connectivity index (χ0v) is 12.4. The lowest BCUT2D eigenvalue weighted by atomic mass is 9.87. The Labute approximate surface area is 117 Å². The largest absolute Gasteiger partial charge is 0.393 e. The molecule has 0 spiro atoms. The highest BCUT2D eigenvalue weighted by atomic mass is 16.3. The highest BCUT2D eigenvalue weighted by Gasteiger charge is 2.20. The van der Waals surface area contributed by atoms with Crippen LogP contribution in [0.25, 0.3) is 0 Å². The Morgan fingerprint density at radius 1 is 1.32 bits per heavy atom. The average Bonchev–Trinajstić information content (AvgIpc) is 2.36. The Morgan fingerprint density at radius 2 is 2.11 bits per heavy atom. The molecule has 2 nitrogen and oxygen atoms in total. The van der Waals surface area contributed by atoms with E-state index in [1.807, 2.05) is 0 Å². The van der Waals surface area contributed by atoms with E-state index >= 15 is 0 Å². The molecular formula is C17H27NO. The molecule has 2 rings (SSSR count). The molecule has 1 aliphatic carbocycles. The number of aliphatic hydroxyl groups excluding tert-OH is 1. The van der Waals surface area contributed by atoms with Crippen LogP contribution in [-0.2, 0) is 0 Å². The van der Waals surface area contributed by atoms with Gasteiger partial charge in [0.2, 0.25) is 0 Å². The molecule has 1 fully saturated rings. The summed E-state index contributed by atoms with van der Waals surface area (Å²) in [5.74, 6) is 0.636. The van der Waals surface area contributed by atoms with Gasteiger partial charge in [-0.05, 0) is 63.6 Å². The fraction of sp³-hybridized carbons (Fsp3) is 0.647. The lowest BCUT2D eigenvalue weighted by molar-refractivity contribution is 0.0998. The van der Waals surface area contributed by atoms with E-state index in [1.165, 1.54) is 29.5 Å². The second kappa shape index (κ2) is 6.53. The molecule has 0 heterocycles. The summed E-state index contributed by atoms with van der Waals surface area (Å²) in [6, 6.07) is 7.06. The van der Waals surface area contributed by atoms with Crippen LogP contribution < -0.4 is 5.32 Å². The molecule has 1 saturated carbocycles. The maximum atomic E-state index is 9.71. The standard InChI is InChI=1S/C17H27NO/c1-12-7-8-17(13(2)9-12)14(3)18-11-15-5-4-6-16(19)10-15/h7-9,14-16,18-19H,4-6,10-11H2,1-3H3. The van der Waals surface area contributed by atoms with Crippen LogP contribution in [0.4, 0.5) is 0 Å². The van der Waals surface area contributed by atoms with Gasteiger partial charge in [-0.15, -0.1) is 0 Å². The van der Waals surface area contributed by atoms with Gasteiger partial charge in [-0.3, -0.25) is 0 Å². The van der Waals surface area contributed by atoms with E-state index in [9.17, 15) is 5.11 Å². The fourth-order valence-electron chi connectivity index (χ4n) is 3.21. The van der Waals surface area contributed by atoms with E-state index in [2.05, 4.69) is 44.3 Å². The Kier molecular flexibility index (Phi) is 5.00. The summed E-state index contributed by atoms with van der Waals surface area (Å²) in [7, 11) is 0. The Morgan fingerprint density at radius 3 is 2.79 bits per heavy atom. The Hall–Kier alpha value is -0.860. The van der Waals surface area contributed by atoms with Gasteiger partial charge >= 0.3 is 0 Å². The van der Waals surface area contributed by atoms with E-state index in [4.69, 9.17) is 0 Å². The first-order valence-electron chi connectivity index (χ1n) is 7.55. The summed E-state index contributed by atoms with van der Waals surface area (Å²) in [4.78, 5) is 0. The first-order chi connectivity index (χ1) is 9.06. The molecule has 0 saturated heterocycles. The monoisotopic (exact) mass is 261 g/mol. The van der Waals surface area contributed by atoms with Crippen LogP contribution in [0.5, 0.6) is 0 Å². The zero-order valence-electron chi connectivity index (χ0n) is 12.4. The second-order valence-electron chi connectivity index (χ2n) is 6.18. The fourth-order valence-corrected chi connectivity index (χ4v) is 3.21. The zero-order chi connectivity index (χ0) is 13.8. The molecule has 0 radical (unpaired) electrons. The molecule has 0 amide bonds. The molecule has 2 N–H and O–H groups in total. The van der Waals surface area contributed by atoms with Crippen molar-refractivity contribution in [1.82, 2.24) is 5.32 Å². The van der Waals surface area contributed by atoms with Gasteiger partial charge in [0.25, 0.3) is 0 Å². The lowest BCUT2D eigenvalue weighted by Gasteiger charge is -2.27. The predicted octanol–water partition coefficient (Wildman–Crippen LogP) is 3.51. The topological polar surface area (TPSA) is 32.3 Å².